The molecule has 1 aromatic rings. The van der Waals surface area contributed by atoms with Gasteiger partial charge in [-0.1, -0.05) is 11.6 Å². The van der Waals surface area contributed by atoms with E-state index in [1.54, 1.807) is 17.8 Å². The first-order valence-corrected chi connectivity index (χ1v) is 6.47. The summed E-state index contributed by atoms with van der Waals surface area (Å²) < 4.78 is 5.22. The van der Waals surface area contributed by atoms with Gasteiger partial charge in [-0.05, 0) is 13.3 Å². The zero-order valence-corrected chi connectivity index (χ0v) is 10.7. The van der Waals surface area contributed by atoms with Crippen LogP contribution in [0, 0.1) is 0 Å². The highest BCUT2D eigenvalue weighted by Crippen LogP contribution is 2.19. The molecule has 0 radical (unpaired) electrons. The van der Waals surface area contributed by atoms with Crippen LogP contribution in [0.5, 0.6) is 0 Å². The van der Waals surface area contributed by atoms with E-state index in [2.05, 4.69) is 9.97 Å². The van der Waals surface area contributed by atoms with Gasteiger partial charge in [0.1, 0.15) is 16.8 Å². The number of aliphatic hydroxyl groups is 1. The second-order valence-electron chi connectivity index (χ2n) is 3.01. The maximum absolute atomic E-state index is 8.68. The van der Waals surface area contributed by atoms with Crippen molar-refractivity contribution >= 4 is 23.4 Å². The Labute approximate surface area is 104 Å². The summed E-state index contributed by atoms with van der Waals surface area (Å²) in [6.07, 6.45) is 0.743. The molecule has 0 aromatic carbocycles. The Morgan fingerprint density at radius 1 is 1.50 bits per heavy atom. The van der Waals surface area contributed by atoms with E-state index in [1.807, 2.05) is 6.92 Å². The molecule has 0 spiro atoms. The highest BCUT2D eigenvalue weighted by atomic mass is 35.5. The van der Waals surface area contributed by atoms with Gasteiger partial charge in [0.25, 0.3) is 0 Å². The highest BCUT2D eigenvalue weighted by molar-refractivity contribution is 7.99. The molecular weight excluding hydrogens is 248 g/mol. The van der Waals surface area contributed by atoms with Crippen LogP contribution in [0.15, 0.2) is 11.1 Å². The fourth-order valence-corrected chi connectivity index (χ4v) is 2.13. The van der Waals surface area contributed by atoms with Gasteiger partial charge in [0, 0.05) is 25.0 Å². The summed E-state index contributed by atoms with van der Waals surface area (Å²) in [7, 11) is 0. The van der Waals surface area contributed by atoms with Crippen LogP contribution >= 0.6 is 23.4 Å². The number of nitrogens with zero attached hydrogens (tertiary/aromatic N) is 2. The molecule has 0 unspecified atom stereocenters. The predicted octanol–water partition coefficient (Wildman–Crippen LogP) is 2.14. The quantitative estimate of drug-likeness (QED) is 0.464. The van der Waals surface area contributed by atoms with Crippen molar-refractivity contribution in [2.45, 2.75) is 25.0 Å². The lowest BCUT2D eigenvalue weighted by Gasteiger charge is -2.04. The van der Waals surface area contributed by atoms with Crippen LogP contribution in [-0.2, 0) is 11.3 Å². The first-order chi connectivity index (χ1) is 7.76. The van der Waals surface area contributed by atoms with E-state index in [1.165, 1.54) is 0 Å². The monoisotopic (exact) mass is 262 g/mol. The molecule has 1 N–H and O–H groups in total. The fourth-order valence-electron chi connectivity index (χ4n) is 1.02. The third kappa shape index (κ3) is 5.12. The van der Waals surface area contributed by atoms with Gasteiger partial charge in [-0.15, -0.1) is 11.8 Å². The number of ether oxygens (including phenoxy) is 1. The SMILES string of the molecule is CCOCc1nc(Cl)cc(SCCCO)n1. The molecule has 0 saturated heterocycles. The number of aliphatic hydroxyl groups excluding tert-OH is 1. The Morgan fingerprint density at radius 3 is 3.00 bits per heavy atom. The fraction of sp³-hybridized carbons (Fsp3) is 0.600. The van der Waals surface area contributed by atoms with Crippen LogP contribution in [-0.4, -0.2) is 34.0 Å². The Balaban J connectivity index is 2.58. The molecule has 0 bridgehead atoms. The Bertz CT molecular complexity index is 326. The number of rotatable bonds is 7. The third-order valence-electron chi connectivity index (χ3n) is 1.71. The zero-order chi connectivity index (χ0) is 11.8. The summed E-state index contributed by atoms with van der Waals surface area (Å²) in [5.41, 5.74) is 0. The van der Waals surface area contributed by atoms with Gasteiger partial charge < -0.3 is 9.84 Å². The maximum Gasteiger partial charge on any atom is 0.156 e. The summed E-state index contributed by atoms with van der Waals surface area (Å²) in [4.78, 5) is 8.37. The minimum atomic E-state index is 0.192. The van der Waals surface area contributed by atoms with Gasteiger partial charge in [0.15, 0.2) is 5.82 Å². The standard InChI is InChI=1S/C10H15ClN2O2S/c1-2-15-7-9-12-8(11)6-10(13-9)16-5-3-4-14/h6,14H,2-5,7H2,1H3. The number of hydrogen-bond acceptors (Lipinski definition) is 5. The lowest BCUT2D eigenvalue weighted by atomic mass is 10.5. The van der Waals surface area contributed by atoms with E-state index in [0.717, 1.165) is 17.2 Å². The summed E-state index contributed by atoms with van der Waals surface area (Å²) in [5, 5.41) is 9.93. The summed E-state index contributed by atoms with van der Waals surface area (Å²) in [6.45, 7) is 3.12. The van der Waals surface area contributed by atoms with Gasteiger partial charge in [-0.25, -0.2) is 9.97 Å². The lowest BCUT2D eigenvalue weighted by Crippen LogP contribution is -2.00. The lowest BCUT2D eigenvalue weighted by molar-refractivity contribution is 0.128. The van der Waals surface area contributed by atoms with E-state index >= 15 is 0 Å². The van der Waals surface area contributed by atoms with Crippen LogP contribution in [0.25, 0.3) is 0 Å². The van der Waals surface area contributed by atoms with E-state index < -0.39 is 0 Å². The number of aromatic nitrogens is 2. The molecule has 0 aliphatic heterocycles. The largest absolute Gasteiger partial charge is 0.396 e. The van der Waals surface area contributed by atoms with E-state index in [-0.39, 0.29) is 6.61 Å². The normalized spacial score (nSPS) is 10.7. The maximum atomic E-state index is 8.68. The molecule has 1 heterocycles. The van der Waals surface area contributed by atoms with Gasteiger partial charge in [-0.2, -0.15) is 0 Å². The van der Waals surface area contributed by atoms with Crippen LogP contribution in [0.2, 0.25) is 5.15 Å². The molecule has 0 aliphatic carbocycles. The predicted molar refractivity (Wildman–Crippen MR) is 64.8 cm³/mol. The second kappa shape index (κ2) is 7.84. The number of halogens is 1. The summed E-state index contributed by atoms with van der Waals surface area (Å²) in [5.74, 6) is 1.42. The molecular formula is C10H15ClN2O2S. The number of hydrogen-bond donors (Lipinski definition) is 1. The zero-order valence-electron chi connectivity index (χ0n) is 9.15. The van der Waals surface area contributed by atoms with Crippen LogP contribution < -0.4 is 0 Å². The minimum Gasteiger partial charge on any atom is -0.396 e. The van der Waals surface area contributed by atoms with Gasteiger partial charge >= 0.3 is 0 Å². The summed E-state index contributed by atoms with van der Waals surface area (Å²) >= 11 is 7.43. The molecule has 16 heavy (non-hydrogen) atoms. The Kier molecular flexibility index (Phi) is 6.71. The Hall–Kier alpha value is -0.360. The first-order valence-electron chi connectivity index (χ1n) is 5.11. The average molecular weight is 263 g/mol. The van der Waals surface area contributed by atoms with Crippen LogP contribution in [0.4, 0.5) is 0 Å². The minimum absolute atomic E-state index is 0.192. The van der Waals surface area contributed by atoms with Crippen molar-refractivity contribution < 1.29 is 9.84 Å². The molecule has 0 amide bonds. The van der Waals surface area contributed by atoms with Gasteiger partial charge in [-0.3, -0.25) is 0 Å². The average Bonchev–Trinajstić information content (AvgIpc) is 2.26. The topological polar surface area (TPSA) is 55.2 Å². The summed E-state index contributed by atoms with van der Waals surface area (Å²) in [6, 6.07) is 1.72. The molecule has 6 heteroatoms. The van der Waals surface area contributed by atoms with Crippen LogP contribution in [0.3, 0.4) is 0 Å². The molecule has 1 aromatic heterocycles. The molecule has 0 saturated carbocycles. The molecule has 1 rings (SSSR count). The highest BCUT2D eigenvalue weighted by Gasteiger charge is 2.03. The molecule has 0 fully saturated rings. The first kappa shape index (κ1) is 13.7. The molecule has 0 aliphatic rings. The van der Waals surface area contributed by atoms with Gasteiger partial charge in [0.05, 0.1) is 0 Å². The Morgan fingerprint density at radius 2 is 2.31 bits per heavy atom. The molecule has 90 valence electrons. The van der Waals surface area contributed by atoms with Gasteiger partial charge in [0.2, 0.25) is 0 Å². The van der Waals surface area contributed by atoms with Crippen molar-refractivity contribution in [2.75, 3.05) is 19.0 Å². The smallest absolute Gasteiger partial charge is 0.156 e. The third-order valence-corrected chi connectivity index (χ3v) is 2.90. The molecule has 0 atom stereocenters. The molecule has 4 nitrogen and oxygen atoms in total. The van der Waals surface area contributed by atoms with Crippen molar-refractivity contribution in [3.8, 4) is 0 Å². The van der Waals surface area contributed by atoms with Crippen molar-refractivity contribution in [3.05, 3.63) is 17.0 Å². The van der Waals surface area contributed by atoms with E-state index in [9.17, 15) is 0 Å². The second-order valence-corrected chi connectivity index (χ2v) is 4.51. The van der Waals surface area contributed by atoms with Crippen molar-refractivity contribution in [2.24, 2.45) is 0 Å². The van der Waals surface area contributed by atoms with E-state index in [4.69, 9.17) is 21.4 Å². The number of thioether (sulfide) groups is 1. The van der Waals surface area contributed by atoms with E-state index in [0.29, 0.717) is 24.2 Å². The van der Waals surface area contributed by atoms with Crippen LogP contribution in [0.1, 0.15) is 19.2 Å². The van der Waals surface area contributed by atoms with Crippen molar-refractivity contribution in [1.82, 2.24) is 9.97 Å². The van der Waals surface area contributed by atoms with Crippen molar-refractivity contribution in [1.29, 1.82) is 0 Å². The van der Waals surface area contributed by atoms with Crippen molar-refractivity contribution in [3.63, 3.8) is 0 Å².